The molecule has 0 saturated heterocycles. The molecule has 0 unspecified atom stereocenters. The standard InChI is InChI=1S/C15H17NO3/c1-17-12-18-10-14-7-8-16-15(9-14)19-11-13-5-3-2-4-6-13/h2-9H,10-12H2,1H3. The molecule has 2 aromatic rings. The van der Waals surface area contributed by atoms with Crippen LogP contribution in [0.3, 0.4) is 0 Å². The lowest BCUT2D eigenvalue weighted by Gasteiger charge is -2.07. The molecule has 0 aliphatic heterocycles. The normalized spacial score (nSPS) is 10.4. The third-order valence-electron chi connectivity index (χ3n) is 2.50. The summed E-state index contributed by atoms with van der Waals surface area (Å²) in [6.07, 6.45) is 1.71. The van der Waals surface area contributed by atoms with E-state index in [9.17, 15) is 0 Å². The molecule has 0 spiro atoms. The second kappa shape index (κ2) is 7.51. The van der Waals surface area contributed by atoms with Crippen molar-refractivity contribution in [1.82, 2.24) is 4.98 Å². The predicted octanol–water partition coefficient (Wildman–Crippen LogP) is 2.78. The average molecular weight is 259 g/mol. The van der Waals surface area contributed by atoms with Gasteiger partial charge in [0.15, 0.2) is 0 Å². The molecule has 4 heteroatoms. The van der Waals surface area contributed by atoms with Crippen LogP contribution in [-0.4, -0.2) is 18.9 Å². The molecule has 0 radical (unpaired) electrons. The van der Waals surface area contributed by atoms with Crippen molar-refractivity contribution in [3.8, 4) is 5.88 Å². The third kappa shape index (κ3) is 4.69. The fourth-order valence-corrected chi connectivity index (χ4v) is 1.59. The molecule has 0 fully saturated rings. The van der Waals surface area contributed by atoms with Crippen LogP contribution >= 0.6 is 0 Å². The van der Waals surface area contributed by atoms with E-state index in [1.165, 1.54) is 0 Å². The molecule has 0 aliphatic rings. The Morgan fingerprint density at radius 3 is 2.63 bits per heavy atom. The summed E-state index contributed by atoms with van der Waals surface area (Å²) in [5.74, 6) is 0.599. The van der Waals surface area contributed by atoms with E-state index in [1.807, 2.05) is 42.5 Å². The Kier molecular flexibility index (Phi) is 5.34. The number of benzene rings is 1. The first kappa shape index (κ1) is 13.5. The predicted molar refractivity (Wildman–Crippen MR) is 71.7 cm³/mol. The minimum Gasteiger partial charge on any atom is -0.473 e. The average Bonchev–Trinajstić information content (AvgIpc) is 2.47. The van der Waals surface area contributed by atoms with Gasteiger partial charge >= 0.3 is 0 Å². The van der Waals surface area contributed by atoms with Crippen LogP contribution < -0.4 is 4.74 Å². The van der Waals surface area contributed by atoms with Crippen LogP contribution in [0.4, 0.5) is 0 Å². The van der Waals surface area contributed by atoms with Crippen molar-refractivity contribution in [2.75, 3.05) is 13.9 Å². The second-order valence-corrected chi connectivity index (χ2v) is 4.03. The van der Waals surface area contributed by atoms with Crippen LogP contribution in [0.2, 0.25) is 0 Å². The van der Waals surface area contributed by atoms with Crippen molar-refractivity contribution in [2.24, 2.45) is 0 Å². The topological polar surface area (TPSA) is 40.6 Å². The summed E-state index contributed by atoms with van der Waals surface area (Å²) in [6, 6.07) is 13.8. The molecular formula is C15H17NO3. The van der Waals surface area contributed by atoms with Crippen molar-refractivity contribution < 1.29 is 14.2 Å². The Morgan fingerprint density at radius 1 is 1.00 bits per heavy atom. The highest BCUT2D eigenvalue weighted by molar-refractivity contribution is 5.21. The molecule has 0 bridgehead atoms. The number of hydrogen-bond donors (Lipinski definition) is 0. The molecule has 2 rings (SSSR count). The molecular weight excluding hydrogens is 242 g/mol. The zero-order valence-electron chi connectivity index (χ0n) is 10.9. The lowest BCUT2D eigenvalue weighted by molar-refractivity contribution is -0.0391. The van der Waals surface area contributed by atoms with Gasteiger partial charge in [0, 0.05) is 19.4 Å². The maximum absolute atomic E-state index is 5.64. The Bertz CT molecular complexity index is 488. The smallest absolute Gasteiger partial charge is 0.213 e. The zero-order chi connectivity index (χ0) is 13.3. The summed E-state index contributed by atoms with van der Waals surface area (Å²) in [5.41, 5.74) is 2.13. The Balaban J connectivity index is 1.88. The van der Waals surface area contributed by atoms with Gasteiger partial charge in [-0.05, 0) is 17.2 Å². The highest BCUT2D eigenvalue weighted by atomic mass is 16.7. The first-order valence-electron chi connectivity index (χ1n) is 6.07. The molecule has 0 amide bonds. The molecule has 1 aromatic carbocycles. The number of aromatic nitrogens is 1. The van der Waals surface area contributed by atoms with Crippen molar-refractivity contribution in [3.63, 3.8) is 0 Å². The van der Waals surface area contributed by atoms with E-state index in [-0.39, 0.29) is 6.79 Å². The van der Waals surface area contributed by atoms with Gasteiger partial charge in [-0.1, -0.05) is 30.3 Å². The summed E-state index contributed by atoms with van der Waals surface area (Å²) in [7, 11) is 1.60. The second-order valence-electron chi connectivity index (χ2n) is 4.03. The lowest BCUT2D eigenvalue weighted by Crippen LogP contribution is -2.00. The minimum absolute atomic E-state index is 0.280. The number of nitrogens with zero attached hydrogens (tertiary/aromatic N) is 1. The van der Waals surface area contributed by atoms with Gasteiger partial charge in [0.2, 0.25) is 5.88 Å². The fourth-order valence-electron chi connectivity index (χ4n) is 1.59. The molecule has 0 saturated carbocycles. The lowest BCUT2D eigenvalue weighted by atomic mass is 10.2. The van der Waals surface area contributed by atoms with Gasteiger partial charge in [-0.25, -0.2) is 4.98 Å². The van der Waals surface area contributed by atoms with Gasteiger partial charge in [0.25, 0.3) is 0 Å². The Labute approximate surface area is 113 Å². The van der Waals surface area contributed by atoms with Gasteiger partial charge in [0.05, 0.1) is 6.61 Å². The van der Waals surface area contributed by atoms with Crippen LogP contribution in [0, 0.1) is 0 Å². The van der Waals surface area contributed by atoms with Crippen molar-refractivity contribution in [2.45, 2.75) is 13.2 Å². The van der Waals surface area contributed by atoms with E-state index >= 15 is 0 Å². The minimum atomic E-state index is 0.280. The molecule has 0 N–H and O–H groups in total. The van der Waals surface area contributed by atoms with Gasteiger partial charge in [-0.15, -0.1) is 0 Å². The zero-order valence-corrected chi connectivity index (χ0v) is 10.9. The fraction of sp³-hybridized carbons (Fsp3) is 0.267. The number of methoxy groups -OCH3 is 1. The maximum Gasteiger partial charge on any atom is 0.213 e. The van der Waals surface area contributed by atoms with Crippen molar-refractivity contribution in [1.29, 1.82) is 0 Å². The molecule has 0 aliphatic carbocycles. The Morgan fingerprint density at radius 2 is 1.84 bits per heavy atom. The maximum atomic E-state index is 5.64. The van der Waals surface area contributed by atoms with Gasteiger partial charge < -0.3 is 14.2 Å². The SMILES string of the molecule is COCOCc1ccnc(OCc2ccccc2)c1. The summed E-state index contributed by atoms with van der Waals surface area (Å²) in [4.78, 5) is 4.17. The molecule has 100 valence electrons. The van der Waals surface area contributed by atoms with Crippen LogP contribution in [0.25, 0.3) is 0 Å². The number of rotatable bonds is 7. The first-order chi connectivity index (χ1) is 9.38. The summed E-state index contributed by atoms with van der Waals surface area (Å²) >= 11 is 0. The van der Waals surface area contributed by atoms with E-state index in [0.29, 0.717) is 19.1 Å². The van der Waals surface area contributed by atoms with E-state index in [0.717, 1.165) is 11.1 Å². The van der Waals surface area contributed by atoms with E-state index in [2.05, 4.69) is 4.98 Å². The van der Waals surface area contributed by atoms with Crippen LogP contribution in [-0.2, 0) is 22.7 Å². The molecule has 0 atom stereocenters. The van der Waals surface area contributed by atoms with E-state index in [4.69, 9.17) is 14.2 Å². The van der Waals surface area contributed by atoms with E-state index < -0.39 is 0 Å². The molecule has 19 heavy (non-hydrogen) atoms. The van der Waals surface area contributed by atoms with Crippen LogP contribution in [0.5, 0.6) is 5.88 Å². The van der Waals surface area contributed by atoms with E-state index in [1.54, 1.807) is 13.3 Å². The molecule has 4 nitrogen and oxygen atoms in total. The third-order valence-corrected chi connectivity index (χ3v) is 2.50. The van der Waals surface area contributed by atoms with Gasteiger partial charge in [0.1, 0.15) is 13.4 Å². The van der Waals surface area contributed by atoms with Crippen molar-refractivity contribution >= 4 is 0 Å². The van der Waals surface area contributed by atoms with Crippen LogP contribution in [0.1, 0.15) is 11.1 Å². The largest absolute Gasteiger partial charge is 0.473 e. The van der Waals surface area contributed by atoms with Gasteiger partial charge in [-0.3, -0.25) is 0 Å². The highest BCUT2D eigenvalue weighted by Gasteiger charge is 1.99. The summed E-state index contributed by atoms with van der Waals surface area (Å²) in [6.45, 7) is 1.27. The highest BCUT2D eigenvalue weighted by Crippen LogP contribution is 2.12. The molecule has 1 aromatic heterocycles. The van der Waals surface area contributed by atoms with Crippen molar-refractivity contribution in [3.05, 3.63) is 59.8 Å². The monoisotopic (exact) mass is 259 g/mol. The number of hydrogen-bond acceptors (Lipinski definition) is 4. The summed E-state index contributed by atoms with van der Waals surface area (Å²) in [5, 5.41) is 0. The first-order valence-corrected chi connectivity index (χ1v) is 6.07. The number of ether oxygens (including phenoxy) is 3. The number of pyridine rings is 1. The van der Waals surface area contributed by atoms with Gasteiger partial charge in [-0.2, -0.15) is 0 Å². The molecule has 1 heterocycles. The van der Waals surface area contributed by atoms with Crippen LogP contribution in [0.15, 0.2) is 48.7 Å². The Hall–Kier alpha value is -1.91. The quantitative estimate of drug-likeness (QED) is 0.566. The summed E-state index contributed by atoms with van der Waals surface area (Å²) < 4.78 is 15.8.